The maximum Gasteiger partial charge on any atom is 0.244 e. The number of nitrogens with zero attached hydrogens (tertiary/aromatic N) is 1. The van der Waals surface area contributed by atoms with Crippen molar-refractivity contribution in [2.45, 2.75) is 13.0 Å². The van der Waals surface area contributed by atoms with Gasteiger partial charge in [0.15, 0.2) is 0 Å². The van der Waals surface area contributed by atoms with Crippen LogP contribution in [0.5, 0.6) is 0 Å². The van der Waals surface area contributed by atoms with Crippen molar-refractivity contribution >= 4 is 23.3 Å². The van der Waals surface area contributed by atoms with Crippen molar-refractivity contribution in [3.63, 3.8) is 0 Å². The van der Waals surface area contributed by atoms with Gasteiger partial charge in [-0.25, -0.2) is 4.98 Å². The van der Waals surface area contributed by atoms with Gasteiger partial charge in [-0.05, 0) is 13.0 Å². The molecule has 2 rings (SSSR count). The quantitative estimate of drug-likeness (QED) is 0.828. The molecule has 1 aromatic heterocycles. The number of aromatic nitrogens is 1. The second-order valence-electron chi connectivity index (χ2n) is 3.94. The van der Waals surface area contributed by atoms with Gasteiger partial charge in [0, 0.05) is 18.0 Å². The average molecular weight is 268 g/mol. The van der Waals surface area contributed by atoms with E-state index in [1.807, 2.05) is 12.3 Å². The number of rotatable bonds is 4. The van der Waals surface area contributed by atoms with E-state index in [9.17, 15) is 4.79 Å². The Balaban J connectivity index is 1.73. The number of ether oxygens (including phenoxy) is 2. The van der Waals surface area contributed by atoms with Crippen LogP contribution in [0.2, 0.25) is 0 Å². The summed E-state index contributed by atoms with van der Waals surface area (Å²) in [4.78, 5) is 15.8. The Kier molecular flexibility index (Phi) is 4.86. The lowest BCUT2D eigenvalue weighted by atomic mass is 10.3. The molecular weight excluding hydrogens is 252 g/mol. The maximum atomic E-state index is 11.5. The molecule has 1 saturated heterocycles. The predicted molar refractivity (Wildman–Crippen MR) is 69.5 cm³/mol. The molecule has 0 spiro atoms. The Bertz CT molecular complexity index is 425. The van der Waals surface area contributed by atoms with E-state index >= 15 is 0 Å². The molecule has 0 aliphatic carbocycles. The molecule has 0 saturated carbocycles. The number of carbonyl (C=O) groups is 1. The molecule has 2 heterocycles. The average Bonchev–Trinajstić information content (AvgIpc) is 2.81. The van der Waals surface area contributed by atoms with Crippen LogP contribution < -0.4 is 5.32 Å². The van der Waals surface area contributed by atoms with Crippen LogP contribution in [0.1, 0.15) is 10.7 Å². The number of thiazole rings is 1. The first kappa shape index (κ1) is 13.2. The molecule has 0 unspecified atom stereocenters. The Morgan fingerprint density at radius 3 is 3.22 bits per heavy atom. The molecule has 98 valence electrons. The number of hydrogen-bond donors (Lipinski definition) is 1. The van der Waals surface area contributed by atoms with Crippen molar-refractivity contribution in [1.82, 2.24) is 10.3 Å². The second kappa shape index (κ2) is 6.63. The summed E-state index contributed by atoms with van der Waals surface area (Å²) in [7, 11) is 0. The van der Waals surface area contributed by atoms with Crippen molar-refractivity contribution in [2.75, 3.05) is 26.4 Å². The van der Waals surface area contributed by atoms with Gasteiger partial charge in [-0.1, -0.05) is 0 Å². The molecule has 1 aliphatic rings. The summed E-state index contributed by atoms with van der Waals surface area (Å²) in [5, 5.41) is 5.68. The highest BCUT2D eigenvalue weighted by atomic mass is 32.1. The monoisotopic (exact) mass is 268 g/mol. The van der Waals surface area contributed by atoms with E-state index in [0.717, 1.165) is 10.7 Å². The van der Waals surface area contributed by atoms with Gasteiger partial charge in [-0.2, -0.15) is 0 Å². The Labute approximate surface area is 110 Å². The fourth-order valence-corrected chi connectivity index (χ4v) is 2.13. The molecule has 0 aromatic carbocycles. The van der Waals surface area contributed by atoms with Gasteiger partial charge in [-0.3, -0.25) is 4.79 Å². The third-order valence-corrected chi connectivity index (χ3v) is 3.22. The molecule has 0 bridgehead atoms. The first-order valence-corrected chi connectivity index (χ1v) is 6.69. The van der Waals surface area contributed by atoms with Gasteiger partial charge in [-0.15, -0.1) is 11.3 Å². The van der Waals surface area contributed by atoms with Gasteiger partial charge >= 0.3 is 0 Å². The number of carbonyl (C=O) groups excluding carboxylic acids is 1. The summed E-state index contributed by atoms with van der Waals surface area (Å²) >= 11 is 1.56. The Morgan fingerprint density at radius 1 is 1.67 bits per heavy atom. The lowest BCUT2D eigenvalue weighted by Gasteiger charge is -2.22. The zero-order valence-electron chi connectivity index (χ0n) is 10.2. The van der Waals surface area contributed by atoms with Gasteiger partial charge < -0.3 is 14.8 Å². The molecule has 18 heavy (non-hydrogen) atoms. The van der Waals surface area contributed by atoms with Crippen molar-refractivity contribution in [3.05, 3.63) is 22.2 Å². The van der Waals surface area contributed by atoms with Crippen molar-refractivity contribution in [2.24, 2.45) is 0 Å². The fourth-order valence-electron chi connectivity index (χ4n) is 1.55. The zero-order valence-corrected chi connectivity index (χ0v) is 11.0. The molecule has 1 aliphatic heterocycles. The van der Waals surface area contributed by atoms with Crippen LogP contribution in [-0.2, 0) is 14.3 Å². The van der Waals surface area contributed by atoms with Crippen LogP contribution in [0, 0.1) is 6.92 Å². The summed E-state index contributed by atoms with van der Waals surface area (Å²) in [5.41, 5.74) is 0.810. The first-order chi connectivity index (χ1) is 8.74. The number of hydrogen-bond acceptors (Lipinski definition) is 5. The van der Waals surface area contributed by atoms with Crippen molar-refractivity contribution < 1.29 is 14.3 Å². The summed E-state index contributed by atoms with van der Waals surface area (Å²) in [6, 6.07) is 0. The van der Waals surface area contributed by atoms with Gasteiger partial charge in [0.25, 0.3) is 0 Å². The van der Waals surface area contributed by atoms with Gasteiger partial charge in [0.2, 0.25) is 5.91 Å². The second-order valence-corrected chi connectivity index (χ2v) is 5.00. The van der Waals surface area contributed by atoms with Crippen molar-refractivity contribution in [1.29, 1.82) is 0 Å². The molecule has 0 radical (unpaired) electrons. The third-order valence-electron chi connectivity index (χ3n) is 2.43. The third kappa shape index (κ3) is 4.21. The minimum atomic E-state index is -0.144. The smallest absolute Gasteiger partial charge is 0.244 e. The predicted octanol–water partition coefficient (Wildman–Crippen LogP) is 0.996. The zero-order chi connectivity index (χ0) is 12.8. The minimum absolute atomic E-state index is 0.0439. The highest BCUT2D eigenvalue weighted by molar-refractivity contribution is 7.09. The molecule has 1 amide bonds. The molecule has 6 heteroatoms. The maximum absolute atomic E-state index is 11.5. The fraction of sp³-hybridized carbons (Fsp3) is 0.500. The topological polar surface area (TPSA) is 60.5 Å². The van der Waals surface area contributed by atoms with Crippen LogP contribution in [0.25, 0.3) is 6.08 Å². The van der Waals surface area contributed by atoms with Crippen LogP contribution in [-0.4, -0.2) is 43.4 Å². The van der Waals surface area contributed by atoms with E-state index in [1.165, 1.54) is 6.08 Å². The van der Waals surface area contributed by atoms with E-state index in [4.69, 9.17) is 9.47 Å². The first-order valence-electron chi connectivity index (χ1n) is 5.81. The van der Waals surface area contributed by atoms with Crippen LogP contribution >= 0.6 is 11.3 Å². The highest BCUT2D eigenvalue weighted by Crippen LogP contribution is 2.08. The molecule has 5 nitrogen and oxygen atoms in total. The largest absolute Gasteiger partial charge is 0.376 e. The summed E-state index contributed by atoms with van der Waals surface area (Å²) in [5.74, 6) is -0.144. The van der Waals surface area contributed by atoms with Crippen LogP contribution in [0.4, 0.5) is 0 Å². The summed E-state index contributed by atoms with van der Waals surface area (Å²) in [6.45, 7) is 4.17. The van der Waals surface area contributed by atoms with Gasteiger partial charge in [0.05, 0.1) is 36.6 Å². The standard InChI is InChI=1S/C12H16N2O3S/c1-9-14-10(8-18-9)2-3-12(15)13-6-11-7-16-4-5-17-11/h2-3,8,11H,4-7H2,1H3,(H,13,15)/b3-2+/t11-/m1/s1. The lowest BCUT2D eigenvalue weighted by Crippen LogP contribution is -2.39. The normalized spacial score (nSPS) is 20.2. The van der Waals surface area contributed by atoms with E-state index in [2.05, 4.69) is 10.3 Å². The molecule has 1 N–H and O–H groups in total. The summed E-state index contributed by atoms with van der Waals surface area (Å²) < 4.78 is 10.7. The van der Waals surface area contributed by atoms with E-state index in [1.54, 1.807) is 17.4 Å². The van der Waals surface area contributed by atoms with Crippen molar-refractivity contribution in [3.8, 4) is 0 Å². The number of amides is 1. The Hall–Kier alpha value is -1.24. The number of aryl methyl sites for hydroxylation is 1. The van der Waals surface area contributed by atoms with Crippen LogP contribution in [0.3, 0.4) is 0 Å². The highest BCUT2D eigenvalue weighted by Gasteiger charge is 2.14. The van der Waals surface area contributed by atoms with E-state index in [-0.39, 0.29) is 12.0 Å². The molecular formula is C12H16N2O3S. The van der Waals surface area contributed by atoms with Crippen LogP contribution in [0.15, 0.2) is 11.5 Å². The van der Waals surface area contributed by atoms with E-state index in [0.29, 0.717) is 26.4 Å². The summed E-state index contributed by atoms with van der Waals surface area (Å²) in [6.07, 6.45) is 3.15. The molecule has 1 atom stereocenters. The SMILES string of the molecule is Cc1nc(/C=C/C(=O)NC[C@@H]2COCCO2)cs1. The number of nitrogens with one attached hydrogen (secondary N) is 1. The minimum Gasteiger partial charge on any atom is -0.376 e. The van der Waals surface area contributed by atoms with Gasteiger partial charge in [0.1, 0.15) is 0 Å². The molecule has 1 fully saturated rings. The lowest BCUT2D eigenvalue weighted by molar-refractivity contribution is -0.119. The molecule has 1 aromatic rings. The van der Waals surface area contributed by atoms with E-state index < -0.39 is 0 Å². The Morgan fingerprint density at radius 2 is 2.56 bits per heavy atom.